The van der Waals surface area contributed by atoms with Crippen molar-refractivity contribution < 1.29 is 0 Å². The highest BCUT2D eigenvalue weighted by Gasteiger charge is 2.22. The van der Waals surface area contributed by atoms with Crippen molar-refractivity contribution in [3.63, 3.8) is 0 Å². The standard InChI is InChI=1S/C14H20ClN/c1-9-6-12(13(15)7-10(9)2)14(16)8-11-4-3-5-11/h6-7,11,14H,3-5,8,16H2,1-2H3. The zero-order valence-electron chi connectivity index (χ0n) is 10.1. The maximum absolute atomic E-state index is 6.26. The highest BCUT2D eigenvalue weighted by Crippen LogP contribution is 2.36. The second-order valence-corrected chi connectivity index (χ2v) is 5.50. The van der Waals surface area contributed by atoms with Gasteiger partial charge in [0.25, 0.3) is 0 Å². The third-order valence-corrected chi connectivity index (χ3v) is 4.15. The Bertz CT molecular complexity index is 383. The molecule has 1 saturated carbocycles. The third kappa shape index (κ3) is 2.41. The van der Waals surface area contributed by atoms with Gasteiger partial charge in [-0.15, -0.1) is 0 Å². The molecule has 2 N–H and O–H groups in total. The number of halogens is 1. The van der Waals surface area contributed by atoms with Crippen LogP contribution < -0.4 is 5.73 Å². The van der Waals surface area contributed by atoms with Gasteiger partial charge in [-0.25, -0.2) is 0 Å². The van der Waals surface area contributed by atoms with Crippen LogP contribution in [0.4, 0.5) is 0 Å². The fourth-order valence-corrected chi connectivity index (χ4v) is 2.66. The van der Waals surface area contributed by atoms with E-state index in [1.54, 1.807) is 0 Å². The summed E-state index contributed by atoms with van der Waals surface area (Å²) in [5.41, 5.74) is 9.88. The minimum absolute atomic E-state index is 0.108. The van der Waals surface area contributed by atoms with Crippen molar-refractivity contribution in [3.05, 3.63) is 33.8 Å². The van der Waals surface area contributed by atoms with Crippen molar-refractivity contribution in [1.82, 2.24) is 0 Å². The number of benzene rings is 1. The zero-order valence-corrected chi connectivity index (χ0v) is 10.8. The van der Waals surface area contributed by atoms with Crippen LogP contribution in [0.5, 0.6) is 0 Å². The first kappa shape index (κ1) is 11.9. The second kappa shape index (κ2) is 4.77. The first-order valence-corrected chi connectivity index (χ1v) is 6.48. The van der Waals surface area contributed by atoms with Gasteiger partial charge in [0.15, 0.2) is 0 Å². The molecule has 0 spiro atoms. The molecular formula is C14H20ClN. The van der Waals surface area contributed by atoms with Crippen LogP contribution in [0, 0.1) is 19.8 Å². The average molecular weight is 238 g/mol. The molecule has 0 heterocycles. The molecule has 16 heavy (non-hydrogen) atoms. The van der Waals surface area contributed by atoms with Gasteiger partial charge in [0.1, 0.15) is 0 Å². The van der Waals surface area contributed by atoms with Crippen LogP contribution in [0.25, 0.3) is 0 Å². The van der Waals surface area contributed by atoms with Crippen LogP contribution in [0.2, 0.25) is 5.02 Å². The van der Waals surface area contributed by atoms with E-state index < -0.39 is 0 Å². The smallest absolute Gasteiger partial charge is 0.0456 e. The lowest BCUT2D eigenvalue weighted by atomic mass is 9.79. The second-order valence-electron chi connectivity index (χ2n) is 5.10. The van der Waals surface area contributed by atoms with Crippen molar-refractivity contribution >= 4 is 11.6 Å². The first-order chi connectivity index (χ1) is 7.58. The van der Waals surface area contributed by atoms with Crippen LogP contribution in [0.3, 0.4) is 0 Å². The number of aryl methyl sites for hydroxylation is 2. The minimum Gasteiger partial charge on any atom is -0.324 e. The topological polar surface area (TPSA) is 26.0 Å². The van der Waals surface area contributed by atoms with E-state index in [-0.39, 0.29) is 6.04 Å². The molecule has 1 nitrogen and oxygen atoms in total. The lowest BCUT2D eigenvalue weighted by molar-refractivity contribution is 0.277. The van der Waals surface area contributed by atoms with Crippen LogP contribution >= 0.6 is 11.6 Å². The molecule has 0 saturated heterocycles. The van der Waals surface area contributed by atoms with Gasteiger partial charge in [-0.3, -0.25) is 0 Å². The molecule has 1 fully saturated rings. The minimum atomic E-state index is 0.108. The molecule has 2 rings (SSSR count). The van der Waals surface area contributed by atoms with Crippen LogP contribution in [-0.4, -0.2) is 0 Å². The molecule has 1 aromatic rings. The molecular weight excluding hydrogens is 218 g/mol. The summed E-state index contributed by atoms with van der Waals surface area (Å²) in [4.78, 5) is 0. The molecule has 1 aliphatic carbocycles. The van der Waals surface area contributed by atoms with Gasteiger partial charge in [0, 0.05) is 11.1 Å². The summed E-state index contributed by atoms with van der Waals surface area (Å²) in [5, 5.41) is 0.829. The molecule has 1 aromatic carbocycles. The predicted molar refractivity (Wildman–Crippen MR) is 69.8 cm³/mol. The fourth-order valence-electron chi connectivity index (χ4n) is 2.30. The van der Waals surface area contributed by atoms with Gasteiger partial charge in [0.05, 0.1) is 0 Å². The quantitative estimate of drug-likeness (QED) is 0.840. The van der Waals surface area contributed by atoms with Gasteiger partial charge < -0.3 is 5.73 Å². The maximum atomic E-state index is 6.26. The first-order valence-electron chi connectivity index (χ1n) is 6.10. The Balaban J connectivity index is 2.14. The van der Waals surface area contributed by atoms with Crippen molar-refractivity contribution in [1.29, 1.82) is 0 Å². The maximum Gasteiger partial charge on any atom is 0.0456 e. The number of hydrogen-bond acceptors (Lipinski definition) is 1. The number of rotatable bonds is 3. The Morgan fingerprint density at radius 2 is 1.94 bits per heavy atom. The molecule has 1 unspecified atom stereocenters. The van der Waals surface area contributed by atoms with Crippen molar-refractivity contribution in [3.8, 4) is 0 Å². The molecule has 0 bridgehead atoms. The summed E-state index contributed by atoms with van der Waals surface area (Å²) >= 11 is 6.26. The summed E-state index contributed by atoms with van der Waals surface area (Å²) in [6, 6.07) is 4.30. The van der Waals surface area contributed by atoms with E-state index in [2.05, 4.69) is 19.9 Å². The lowest BCUT2D eigenvalue weighted by Crippen LogP contribution is -2.20. The molecule has 2 heteroatoms. The summed E-state index contributed by atoms with van der Waals surface area (Å²) in [6.07, 6.45) is 5.15. The number of nitrogens with two attached hydrogens (primary N) is 1. The Kier molecular flexibility index (Phi) is 3.56. The van der Waals surface area contributed by atoms with Crippen molar-refractivity contribution in [2.24, 2.45) is 11.7 Å². The van der Waals surface area contributed by atoms with E-state index in [0.717, 1.165) is 22.9 Å². The van der Waals surface area contributed by atoms with Gasteiger partial charge >= 0.3 is 0 Å². The highest BCUT2D eigenvalue weighted by atomic mass is 35.5. The fraction of sp³-hybridized carbons (Fsp3) is 0.571. The van der Waals surface area contributed by atoms with Gasteiger partial charge in [-0.2, -0.15) is 0 Å². The SMILES string of the molecule is Cc1cc(Cl)c(C(N)CC2CCC2)cc1C. The lowest BCUT2D eigenvalue weighted by Gasteiger charge is -2.28. The molecule has 0 radical (unpaired) electrons. The van der Waals surface area contributed by atoms with Gasteiger partial charge in [-0.05, 0) is 48.9 Å². The average Bonchev–Trinajstić information content (AvgIpc) is 2.17. The summed E-state index contributed by atoms with van der Waals surface area (Å²) in [6.45, 7) is 4.20. The van der Waals surface area contributed by atoms with E-state index in [0.29, 0.717) is 0 Å². The Morgan fingerprint density at radius 3 is 2.50 bits per heavy atom. The summed E-state index contributed by atoms with van der Waals surface area (Å²) in [7, 11) is 0. The third-order valence-electron chi connectivity index (χ3n) is 3.82. The predicted octanol–water partition coefficient (Wildman–Crippen LogP) is 4.15. The van der Waals surface area contributed by atoms with Gasteiger partial charge in [-0.1, -0.05) is 36.9 Å². The van der Waals surface area contributed by atoms with E-state index in [1.807, 2.05) is 6.07 Å². The van der Waals surface area contributed by atoms with Gasteiger partial charge in [0.2, 0.25) is 0 Å². The Morgan fingerprint density at radius 1 is 1.31 bits per heavy atom. The van der Waals surface area contributed by atoms with E-state index in [4.69, 9.17) is 17.3 Å². The largest absolute Gasteiger partial charge is 0.324 e. The van der Waals surface area contributed by atoms with Crippen LogP contribution in [0.1, 0.15) is 48.4 Å². The number of hydrogen-bond donors (Lipinski definition) is 1. The highest BCUT2D eigenvalue weighted by molar-refractivity contribution is 6.31. The molecule has 1 aliphatic rings. The van der Waals surface area contributed by atoms with E-state index in [1.165, 1.54) is 30.4 Å². The monoisotopic (exact) mass is 237 g/mol. The molecule has 0 aromatic heterocycles. The van der Waals surface area contributed by atoms with Crippen molar-refractivity contribution in [2.75, 3.05) is 0 Å². The van der Waals surface area contributed by atoms with E-state index >= 15 is 0 Å². The normalized spacial score (nSPS) is 18.2. The summed E-state index contributed by atoms with van der Waals surface area (Å²) < 4.78 is 0. The Labute approximate surface area is 103 Å². The molecule has 88 valence electrons. The molecule has 0 amide bonds. The van der Waals surface area contributed by atoms with Crippen LogP contribution in [0.15, 0.2) is 12.1 Å². The van der Waals surface area contributed by atoms with Crippen molar-refractivity contribution in [2.45, 2.75) is 45.6 Å². The van der Waals surface area contributed by atoms with E-state index in [9.17, 15) is 0 Å². The molecule has 1 atom stereocenters. The Hall–Kier alpha value is -0.530. The van der Waals surface area contributed by atoms with Crippen LogP contribution in [-0.2, 0) is 0 Å². The summed E-state index contributed by atoms with van der Waals surface area (Å²) in [5.74, 6) is 0.827. The molecule has 0 aliphatic heterocycles. The zero-order chi connectivity index (χ0) is 11.7.